The van der Waals surface area contributed by atoms with Gasteiger partial charge in [-0.15, -0.1) is 13.2 Å². The van der Waals surface area contributed by atoms with Gasteiger partial charge in [0, 0.05) is 56.2 Å². The fourth-order valence-electron chi connectivity index (χ4n) is 3.98. The van der Waals surface area contributed by atoms with Crippen molar-refractivity contribution in [1.82, 2.24) is 19.9 Å². The van der Waals surface area contributed by atoms with Crippen molar-refractivity contribution >= 4 is 5.82 Å². The number of aromatic nitrogens is 3. The topological polar surface area (TPSA) is 57.3 Å². The number of pyridine rings is 1. The van der Waals surface area contributed by atoms with Crippen LogP contribution in [0.2, 0.25) is 0 Å². The maximum absolute atomic E-state index is 12.3. The van der Waals surface area contributed by atoms with Crippen molar-refractivity contribution in [1.29, 1.82) is 0 Å². The number of nitrogens with one attached hydrogen (secondary N) is 1. The molecule has 1 aromatic carbocycles. The van der Waals surface area contributed by atoms with E-state index in [2.05, 4.69) is 29.5 Å². The Balaban J connectivity index is 1.21. The zero-order valence-corrected chi connectivity index (χ0v) is 17.5. The average molecular weight is 443 g/mol. The van der Waals surface area contributed by atoms with Crippen LogP contribution in [-0.2, 0) is 0 Å². The molecule has 3 heterocycles. The van der Waals surface area contributed by atoms with E-state index in [1.807, 2.05) is 12.1 Å². The number of halogens is 3. The first-order valence-corrected chi connectivity index (χ1v) is 10.8. The third-order valence-corrected chi connectivity index (χ3v) is 5.89. The monoisotopic (exact) mass is 443 g/mol. The summed E-state index contributed by atoms with van der Waals surface area (Å²) in [5.74, 6) is 2.28. The van der Waals surface area contributed by atoms with Crippen LogP contribution in [0.3, 0.4) is 0 Å². The van der Waals surface area contributed by atoms with Gasteiger partial charge in [0.15, 0.2) is 0 Å². The van der Waals surface area contributed by atoms with Crippen molar-refractivity contribution < 1.29 is 17.9 Å². The summed E-state index contributed by atoms with van der Waals surface area (Å²) in [6.07, 6.45) is 1.59. The van der Waals surface area contributed by atoms with Crippen molar-refractivity contribution in [3.05, 3.63) is 48.8 Å². The molecule has 9 heteroatoms. The number of hydrogen-bond donors (Lipinski definition) is 1. The van der Waals surface area contributed by atoms with Gasteiger partial charge < -0.3 is 14.6 Å². The number of alkyl halides is 3. The van der Waals surface area contributed by atoms with E-state index in [4.69, 9.17) is 0 Å². The number of piperazine rings is 1. The number of anilines is 1. The van der Waals surface area contributed by atoms with Gasteiger partial charge in [0.05, 0.1) is 5.69 Å². The highest BCUT2D eigenvalue weighted by Gasteiger charge is 2.31. The molecule has 0 radical (unpaired) electrons. The van der Waals surface area contributed by atoms with E-state index in [0.717, 1.165) is 43.5 Å². The predicted molar refractivity (Wildman–Crippen MR) is 115 cm³/mol. The Morgan fingerprint density at radius 3 is 2.31 bits per heavy atom. The van der Waals surface area contributed by atoms with Crippen LogP contribution < -0.4 is 9.64 Å². The number of hydrogen-bond acceptors (Lipinski definition) is 5. The highest BCUT2D eigenvalue weighted by Crippen LogP contribution is 2.30. The number of aromatic amines is 1. The maximum Gasteiger partial charge on any atom is 0.573 e. The summed E-state index contributed by atoms with van der Waals surface area (Å²) in [5, 5.41) is 0. The number of nitrogens with zero attached hydrogens (tertiary/aromatic N) is 4. The summed E-state index contributed by atoms with van der Waals surface area (Å²) in [7, 11) is 0. The largest absolute Gasteiger partial charge is 0.573 e. The van der Waals surface area contributed by atoms with Crippen LogP contribution in [0.5, 0.6) is 5.75 Å². The molecule has 0 bridgehead atoms. The van der Waals surface area contributed by atoms with E-state index >= 15 is 0 Å². The van der Waals surface area contributed by atoms with Crippen LogP contribution in [-0.4, -0.2) is 58.9 Å². The molecule has 2 aliphatic rings. The van der Waals surface area contributed by atoms with Crippen LogP contribution >= 0.6 is 0 Å². The Bertz CT molecular complexity index is 1040. The number of rotatable bonds is 6. The third kappa shape index (κ3) is 5.04. The first-order valence-electron chi connectivity index (χ1n) is 10.8. The zero-order valence-electron chi connectivity index (χ0n) is 17.5. The number of imidazole rings is 1. The molecule has 5 rings (SSSR count). The molecule has 1 saturated carbocycles. The molecule has 0 spiro atoms. The molecule has 168 valence electrons. The summed E-state index contributed by atoms with van der Waals surface area (Å²) in [6.45, 7) is 5.36. The van der Waals surface area contributed by atoms with E-state index < -0.39 is 6.36 Å². The molecule has 1 aliphatic heterocycles. The highest BCUT2D eigenvalue weighted by molar-refractivity contribution is 5.65. The first-order chi connectivity index (χ1) is 15.4. The number of benzene rings is 1. The average Bonchev–Trinajstić information content (AvgIpc) is 3.46. The molecule has 32 heavy (non-hydrogen) atoms. The minimum atomic E-state index is -4.70. The molecule has 0 atom stereocenters. The number of H-pyrrole nitrogens is 1. The van der Waals surface area contributed by atoms with Gasteiger partial charge in [-0.05, 0) is 55.2 Å². The highest BCUT2D eigenvalue weighted by atomic mass is 19.4. The minimum Gasteiger partial charge on any atom is -0.406 e. The number of ether oxygens (including phenoxy) is 1. The lowest BCUT2D eigenvalue weighted by Gasteiger charge is -2.35. The van der Waals surface area contributed by atoms with Crippen molar-refractivity contribution in [3.8, 4) is 28.4 Å². The van der Waals surface area contributed by atoms with Crippen LogP contribution in [0, 0.1) is 5.92 Å². The molecule has 3 aromatic rings. The molecule has 2 fully saturated rings. The third-order valence-electron chi connectivity index (χ3n) is 5.89. The van der Waals surface area contributed by atoms with Gasteiger partial charge in [0.2, 0.25) is 0 Å². The molecule has 6 nitrogen and oxygen atoms in total. The zero-order chi connectivity index (χ0) is 22.1. The van der Waals surface area contributed by atoms with Crippen LogP contribution in [0.1, 0.15) is 12.8 Å². The molecule has 0 unspecified atom stereocenters. The van der Waals surface area contributed by atoms with E-state index in [-0.39, 0.29) is 5.75 Å². The van der Waals surface area contributed by atoms with Gasteiger partial charge in [0.25, 0.3) is 0 Å². The quantitative estimate of drug-likeness (QED) is 0.605. The molecule has 1 N–H and O–H groups in total. The summed E-state index contributed by atoms with van der Waals surface area (Å²) >= 11 is 0. The fourth-order valence-corrected chi connectivity index (χ4v) is 3.98. The molecule has 2 aromatic heterocycles. The van der Waals surface area contributed by atoms with E-state index in [1.165, 1.54) is 31.5 Å². The second-order valence-electron chi connectivity index (χ2n) is 8.34. The Morgan fingerprint density at radius 2 is 1.69 bits per heavy atom. The van der Waals surface area contributed by atoms with E-state index in [1.54, 1.807) is 24.5 Å². The second-order valence-corrected chi connectivity index (χ2v) is 8.34. The van der Waals surface area contributed by atoms with Gasteiger partial charge in [0.1, 0.15) is 17.4 Å². The Morgan fingerprint density at radius 1 is 0.969 bits per heavy atom. The second kappa shape index (κ2) is 8.46. The van der Waals surface area contributed by atoms with Crippen LogP contribution in [0.25, 0.3) is 22.6 Å². The Labute approximate surface area is 184 Å². The molecule has 1 saturated heterocycles. The van der Waals surface area contributed by atoms with Crippen molar-refractivity contribution in [3.63, 3.8) is 0 Å². The molecule has 0 amide bonds. The van der Waals surface area contributed by atoms with Crippen molar-refractivity contribution in [2.24, 2.45) is 5.92 Å². The van der Waals surface area contributed by atoms with E-state index in [0.29, 0.717) is 17.1 Å². The summed E-state index contributed by atoms with van der Waals surface area (Å²) in [6, 6.07) is 9.64. The van der Waals surface area contributed by atoms with Gasteiger partial charge >= 0.3 is 6.36 Å². The maximum atomic E-state index is 12.3. The van der Waals surface area contributed by atoms with Gasteiger partial charge in [-0.1, -0.05) is 0 Å². The first kappa shape index (κ1) is 20.8. The summed E-state index contributed by atoms with van der Waals surface area (Å²) in [4.78, 5) is 17.2. The van der Waals surface area contributed by atoms with Crippen molar-refractivity contribution in [2.75, 3.05) is 37.6 Å². The molecular weight excluding hydrogens is 419 g/mol. The summed E-state index contributed by atoms with van der Waals surface area (Å²) < 4.78 is 40.9. The predicted octanol–water partition coefficient (Wildman–Crippen LogP) is 4.57. The Hall–Kier alpha value is -3.07. The fraction of sp³-hybridized carbons (Fsp3) is 0.391. The lowest BCUT2D eigenvalue weighted by atomic mass is 10.1. The van der Waals surface area contributed by atoms with Gasteiger partial charge in [-0.25, -0.2) is 9.97 Å². The molecule has 1 aliphatic carbocycles. The van der Waals surface area contributed by atoms with Gasteiger partial charge in [-0.2, -0.15) is 0 Å². The van der Waals surface area contributed by atoms with Crippen LogP contribution in [0.4, 0.5) is 19.0 Å². The van der Waals surface area contributed by atoms with Crippen LogP contribution in [0.15, 0.2) is 48.8 Å². The summed E-state index contributed by atoms with van der Waals surface area (Å²) in [5.41, 5.74) is 2.18. The smallest absolute Gasteiger partial charge is 0.406 e. The van der Waals surface area contributed by atoms with Crippen molar-refractivity contribution in [2.45, 2.75) is 19.2 Å². The molecular formula is C23H24F3N5O. The van der Waals surface area contributed by atoms with Gasteiger partial charge in [-0.3, -0.25) is 4.90 Å². The SMILES string of the molecule is FC(F)(F)Oc1ccc(-c2c[nH]c(-c3ccc(N4CCN(CC5CC5)CC4)nc3)n2)cc1. The Kier molecular flexibility index (Phi) is 5.50. The normalized spacial score (nSPS) is 17.5. The standard InChI is InChI=1S/C23H24F3N5O/c24-23(25,26)32-19-6-3-17(4-7-19)20-14-28-22(29-20)18-5-8-21(27-13-18)31-11-9-30(10-12-31)15-16-1-2-16/h3-8,13-14,16H,1-2,9-12,15H2,(H,28,29). The minimum absolute atomic E-state index is 0.259. The van der Waals surface area contributed by atoms with E-state index in [9.17, 15) is 13.2 Å². The lowest BCUT2D eigenvalue weighted by molar-refractivity contribution is -0.274. The lowest BCUT2D eigenvalue weighted by Crippen LogP contribution is -2.47.